The molecule has 2 heterocycles. The van der Waals surface area contributed by atoms with Crippen molar-refractivity contribution in [3.05, 3.63) is 34.9 Å². The number of hydrogen-bond donors (Lipinski definition) is 0. The van der Waals surface area contributed by atoms with Crippen molar-refractivity contribution in [1.82, 2.24) is 19.2 Å². The van der Waals surface area contributed by atoms with Gasteiger partial charge >= 0.3 is 5.69 Å². The molecule has 2 aromatic heterocycles. The lowest BCUT2D eigenvalue weighted by molar-refractivity contribution is -0.169. The molecule has 0 unspecified atom stereocenters. The number of fused-ring (bicyclic) bond motifs is 1. The zero-order chi connectivity index (χ0) is 12.4. The van der Waals surface area contributed by atoms with E-state index >= 15 is 0 Å². The normalized spacial score (nSPS) is 10.7. The molecule has 7 nitrogen and oxygen atoms in total. The van der Waals surface area contributed by atoms with E-state index in [1.54, 1.807) is 24.4 Å². The van der Waals surface area contributed by atoms with Crippen molar-refractivity contribution in [2.24, 2.45) is 0 Å². The van der Waals surface area contributed by atoms with E-state index < -0.39 is 0 Å². The molecule has 0 aliphatic rings. The third-order valence-electron chi connectivity index (χ3n) is 2.40. The molecule has 0 aliphatic carbocycles. The van der Waals surface area contributed by atoms with Crippen molar-refractivity contribution < 1.29 is 9.63 Å². The average molecular weight is 236 g/mol. The van der Waals surface area contributed by atoms with Gasteiger partial charge in [0.1, 0.15) is 6.54 Å². The number of pyridine rings is 1. The smallest absolute Gasteiger partial charge is 0.275 e. The van der Waals surface area contributed by atoms with Gasteiger partial charge in [-0.25, -0.2) is 14.5 Å². The molecule has 0 aliphatic heterocycles. The SMILES string of the molecule is CON(C)C(=O)Cn1nc2ccccn2c1=O. The molecule has 0 radical (unpaired) electrons. The first-order valence-electron chi connectivity index (χ1n) is 4.98. The molecule has 0 aromatic carbocycles. The number of likely N-dealkylation sites (N-methyl/N-ethyl adjacent to an activating group) is 1. The fourth-order valence-electron chi connectivity index (χ4n) is 1.40. The molecule has 0 saturated carbocycles. The molecule has 90 valence electrons. The van der Waals surface area contributed by atoms with E-state index in [1.165, 1.54) is 18.6 Å². The Labute approximate surface area is 96.8 Å². The summed E-state index contributed by atoms with van der Waals surface area (Å²) < 4.78 is 2.48. The quantitative estimate of drug-likeness (QED) is 0.675. The standard InChI is InChI=1S/C10H12N4O3/c1-12(17-2)9(15)7-14-10(16)13-6-4-3-5-8(13)11-14/h3-6H,7H2,1-2H3. The van der Waals surface area contributed by atoms with Gasteiger partial charge in [-0.05, 0) is 12.1 Å². The zero-order valence-corrected chi connectivity index (χ0v) is 9.53. The molecule has 0 spiro atoms. The van der Waals surface area contributed by atoms with Crippen LogP contribution in [-0.2, 0) is 16.2 Å². The Bertz CT molecular complexity index is 601. The number of amides is 1. The van der Waals surface area contributed by atoms with Gasteiger partial charge in [0.25, 0.3) is 5.91 Å². The van der Waals surface area contributed by atoms with Crippen molar-refractivity contribution in [3.8, 4) is 0 Å². The maximum Gasteiger partial charge on any atom is 0.350 e. The lowest BCUT2D eigenvalue weighted by Gasteiger charge is -2.12. The van der Waals surface area contributed by atoms with Crippen LogP contribution in [0.25, 0.3) is 5.65 Å². The summed E-state index contributed by atoms with van der Waals surface area (Å²) in [6.45, 7) is -0.148. The second kappa shape index (κ2) is 4.38. The van der Waals surface area contributed by atoms with Gasteiger partial charge < -0.3 is 0 Å². The van der Waals surface area contributed by atoms with Crippen LogP contribution in [0.1, 0.15) is 0 Å². The summed E-state index contributed by atoms with van der Waals surface area (Å²) in [5, 5.41) is 5.09. The average Bonchev–Trinajstić information content (AvgIpc) is 2.66. The van der Waals surface area contributed by atoms with Crippen LogP contribution in [0.2, 0.25) is 0 Å². The summed E-state index contributed by atoms with van der Waals surface area (Å²) in [6.07, 6.45) is 1.60. The fourth-order valence-corrected chi connectivity index (χ4v) is 1.40. The third kappa shape index (κ3) is 2.04. The summed E-state index contributed by atoms with van der Waals surface area (Å²) in [7, 11) is 2.85. The Morgan fingerprint density at radius 3 is 2.94 bits per heavy atom. The predicted octanol–water partition coefficient (Wildman–Crippen LogP) is -0.484. The summed E-state index contributed by atoms with van der Waals surface area (Å²) in [6, 6.07) is 5.20. The molecule has 0 saturated heterocycles. The molecule has 7 heteroatoms. The van der Waals surface area contributed by atoms with Crippen molar-refractivity contribution in [2.75, 3.05) is 14.2 Å². The highest BCUT2D eigenvalue weighted by molar-refractivity contribution is 5.74. The van der Waals surface area contributed by atoms with Crippen LogP contribution in [0.3, 0.4) is 0 Å². The Morgan fingerprint density at radius 1 is 1.53 bits per heavy atom. The van der Waals surface area contributed by atoms with Crippen LogP contribution < -0.4 is 5.69 Å². The summed E-state index contributed by atoms with van der Waals surface area (Å²) in [5.41, 5.74) is 0.156. The van der Waals surface area contributed by atoms with Crippen molar-refractivity contribution >= 4 is 11.6 Å². The minimum Gasteiger partial charge on any atom is -0.275 e. The largest absolute Gasteiger partial charge is 0.350 e. The molecule has 17 heavy (non-hydrogen) atoms. The lowest BCUT2D eigenvalue weighted by Crippen LogP contribution is -2.33. The van der Waals surface area contributed by atoms with E-state index in [0.29, 0.717) is 5.65 Å². The maximum atomic E-state index is 11.8. The van der Waals surface area contributed by atoms with E-state index in [-0.39, 0.29) is 18.1 Å². The van der Waals surface area contributed by atoms with E-state index in [4.69, 9.17) is 4.84 Å². The van der Waals surface area contributed by atoms with Gasteiger partial charge in [0.05, 0.1) is 7.11 Å². The fraction of sp³-hybridized carbons (Fsp3) is 0.300. The molecule has 1 amide bonds. The predicted molar refractivity (Wildman–Crippen MR) is 59.2 cm³/mol. The van der Waals surface area contributed by atoms with Crippen molar-refractivity contribution in [1.29, 1.82) is 0 Å². The number of rotatable bonds is 3. The minimum atomic E-state index is -0.349. The highest BCUT2D eigenvalue weighted by Gasteiger charge is 2.13. The second-order valence-corrected chi connectivity index (χ2v) is 3.44. The zero-order valence-electron chi connectivity index (χ0n) is 9.53. The van der Waals surface area contributed by atoms with E-state index in [1.807, 2.05) is 0 Å². The van der Waals surface area contributed by atoms with E-state index in [2.05, 4.69) is 5.10 Å². The monoisotopic (exact) mass is 236 g/mol. The number of aromatic nitrogens is 3. The lowest BCUT2D eigenvalue weighted by atomic mass is 10.5. The van der Waals surface area contributed by atoms with Gasteiger partial charge in [-0.3, -0.25) is 14.0 Å². The molecular formula is C10H12N4O3. The topological polar surface area (TPSA) is 68.8 Å². The summed E-state index contributed by atoms with van der Waals surface area (Å²) >= 11 is 0. The van der Waals surface area contributed by atoms with Gasteiger partial charge in [0.2, 0.25) is 0 Å². The molecule has 0 fully saturated rings. The molecule has 0 atom stereocenters. The third-order valence-corrected chi connectivity index (χ3v) is 2.40. The number of nitrogens with zero attached hydrogens (tertiary/aromatic N) is 4. The first-order chi connectivity index (χ1) is 8.13. The molecule has 0 N–H and O–H groups in total. The number of hydrogen-bond acceptors (Lipinski definition) is 4. The van der Waals surface area contributed by atoms with E-state index in [9.17, 15) is 9.59 Å². The molecule has 2 rings (SSSR count). The van der Waals surface area contributed by atoms with Crippen molar-refractivity contribution in [2.45, 2.75) is 6.54 Å². The van der Waals surface area contributed by atoms with Crippen LogP contribution in [0.15, 0.2) is 29.2 Å². The summed E-state index contributed by atoms with van der Waals surface area (Å²) in [4.78, 5) is 28.1. The van der Waals surface area contributed by atoms with Crippen LogP contribution in [0.4, 0.5) is 0 Å². The minimum absolute atomic E-state index is 0.148. The van der Waals surface area contributed by atoms with Crippen molar-refractivity contribution in [3.63, 3.8) is 0 Å². The Hall–Kier alpha value is -2.15. The second-order valence-electron chi connectivity index (χ2n) is 3.44. The van der Waals surface area contributed by atoms with Gasteiger partial charge in [-0.15, -0.1) is 5.10 Å². The summed E-state index contributed by atoms with van der Waals surface area (Å²) in [5.74, 6) is -0.349. The molecule has 2 aromatic rings. The maximum absolute atomic E-state index is 11.8. The van der Waals surface area contributed by atoms with Gasteiger partial charge in [-0.2, -0.15) is 0 Å². The Kier molecular flexibility index (Phi) is 2.92. The first-order valence-corrected chi connectivity index (χ1v) is 4.98. The van der Waals surface area contributed by atoms with Gasteiger partial charge in [0.15, 0.2) is 5.65 Å². The first kappa shape index (κ1) is 11.3. The van der Waals surface area contributed by atoms with Crippen LogP contribution in [-0.4, -0.2) is 39.3 Å². The van der Waals surface area contributed by atoms with Crippen LogP contribution >= 0.6 is 0 Å². The van der Waals surface area contributed by atoms with E-state index in [0.717, 1.165) is 9.75 Å². The molecular weight excluding hydrogens is 224 g/mol. The Morgan fingerprint density at radius 2 is 2.29 bits per heavy atom. The Balaban J connectivity index is 2.34. The van der Waals surface area contributed by atoms with Crippen LogP contribution in [0.5, 0.6) is 0 Å². The number of carbonyl (C=O) groups excluding carboxylic acids is 1. The van der Waals surface area contributed by atoms with Gasteiger partial charge in [0, 0.05) is 13.2 Å². The highest BCUT2D eigenvalue weighted by atomic mass is 16.7. The number of hydroxylamine groups is 2. The van der Waals surface area contributed by atoms with Gasteiger partial charge in [-0.1, -0.05) is 6.07 Å². The van der Waals surface area contributed by atoms with Crippen LogP contribution in [0, 0.1) is 0 Å². The highest BCUT2D eigenvalue weighted by Crippen LogP contribution is 1.95. The number of carbonyl (C=O) groups is 1. The molecule has 0 bridgehead atoms.